The average Bonchev–Trinajstić information content (AvgIpc) is 3.24. The van der Waals surface area contributed by atoms with Crippen LogP contribution < -0.4 is 5.32 Å². The van der Waals surface area contributed by atoms with Crippen LogP contribution in [0.5, 0.6) is 0 Å². The molecule has 132 valence electrons. The lowest BCUT2D eigenvalue weighted by Crippen LogP contribution is -2.39. The minimum atomic E-state index is -0.0347. The number of aromatic amines is 1. The van der Waals surface area contributed by atoms with Gasteiger partial charge in [-0.3, -0.25) is 4.79 Å². The number of imidazole rings is 1. The Morgan fingerprint density at radius 3 is 2.69 bits per heavy atom. The van der Waals surface area contributed by atoms with Gasteiger partial charge in [-0.05, 0) is 25.0 Å². The number of hydrogen-bond donors (Lipinski definition) is 2. The second-order valence-corrected chi connectivity index (χ2v) is 6.35. The number of likely N-dealkylation sites (tertiary alicyclic amines) is 1. The Kier molecular flexibility index (Phi) is 4.59. The summed E-state index contributed by atoms with van der Waals surface area (Å²) in [6, 6.07) is 9.69. The SMILES string of the molecule is O=C(c1cnc(Nc2ccccc2)nc1)N1CCCC(c2ncc[nH]2)C1. The van der Waals surface area contributed by atoms with E-state index in [1.165, 1.54) is 0 Å². The lowest BCUT2D eigenvalue weighted by atomic mass is 9.97. The summed E-state index contributed by atoms with van der Waals surface area (Å²) in [5, 5.41) is 3.12. The van der Waals surface area contributed by atoms with Gasteiger partial charge >= 0.3 is 0 Å². The van der Waals surface area contributed by atoms with Gasteiger partial charge in [0.15, 0.2) is 0 Å². The van der Waals surface area contributed by atoms with Crippen molar-refractivity contribution < 1.29 is 4.79 Å². The van der Waals surface area contributed by atoms with E-state index in [-0.39, 0.29) is 11.8 Å². The topological polar surface area (TPSA) is 86.8 Å². The first kappa shape index (κ1) is 16.3. The maximum absolute atomic E-state index is 12.8. The van der Waals surface area contributed by atoms with Crippen molar-refractivity contribution in [3.8, 4) is 0 Å². The number of nitrogens with zero attached hydrogens (tertiary/aromatic N) is 4. The van der Waals surface area contributed by atoms with Crippen molar-refractivity contribution in [2.75, 3.05) is 18.4 Å². The normalized spacial score (nSPS) is 17.1. The van der Waals surface area contributed by atoms with Crippen LogP contribution in [0.15, 0.2) is 55.1 Å². The van der Waals surface area contributed by atoms with Gasteiger partial charge < -0.3 is 15.2 Å². The van der Waals surface area contributed by atoms with Crippen LogP contribution in [-0.2, 0) is 0 Å². The first-order chi connectivity index (χ1) is 12.8. The molecule has 1 amide bonds. The summed E-state index contributed by atoms with van der Waals surface area (Å²) in [6.07, 6.45) is 8.73. The van der Waals surface area contributed by atoms with Gasteiger partial charge in [-0.1, -0.05) is 18.2 Å². The molecule has 7 nitrogen and oxygen atoms in total. The molecule has 1 aliphatic heterocycles. The number of anilines is 2. The van der Waals surface area contributed by atoms with Crippen molar-refractivity contribution in [2.24, 2.45) is 0 Å². The fourth-order valence-electron chi connectivity index (χ4n) is 3.22. The lowest BCUT2D eigenvalue weighted by molar-refractivity contribution is 0.0704. The van der Waals surface area contributed by atoms with E-state index >= 15 is 0 Å². The van der Waals surface area contributed by atoms with E-state index in [4.69, 9.17) is 0 Å². The van der Waals surface area contributed by atoms with E-state index in [0.717, 1.165) is 30.9 Å². The van der Waals surface area contributed by atoms with Gasteiger partial charge in [0.25, 0.3) is 5.91 Å². The van der Waals surface area contributed by atoms with Gasteiger partial charge in [-0.2, -0.15) is 0 Å². The summed E-state index contributed by atoms with van der Waals surface area (Å²) in [4.78, 5) is 30.7. The highest BCUT2D eigenvalue weighted by molar-refractivity contribution is 5.93. The number of piperidine rings is 1. The van der Waals surface area contributed by atoms with Gasteiger partial charge in [0.2, 0.25) is 5.95 Å². The summed E-state index contributed by atoms with van der Waals surface area (Å²) in [5.41, 5.74) is 1.41. The van der Waals surface area contributed by atoms with Crippen LogP contribution in [0.25, 0.3) is 0 Å². The molecule has 4 rings (SSSR count). The standard InChI is InChI=1S/C19H20N6O/c26-18(25-10-4-5-14(13-25)17-20-8-9-21-17)15-11-22-19(23-12-15)24-16-6-2-1-3-7-16/h1-3,6-9,11-12,14H,4-5,10,13H2,(H,20,21)(H,22,23,24). The highest BCUT2D eigenvalue weighted by Crippen LogP contribution is 2.25. The molecule has 7 heteroatoms. The Labute approximate surface area is 151 Å². The van der Waals surface area contributed by atoms with Crippen LogP contribution in [0.4, 0.5) is 11.6 Å². The Bertz CT molecular complexity index is 848. The Hall–Kier alpha value is -3.22. The molecular formula is C19H20N6O. The van der Waals surface area contributed by atoms with Gasteiger partial charge in [0.1, 0.15) is 5.82 Å². The Balaban J connectivity index is 1.43. The molecule has 1 unspecified atom stereocenters. The summed E-state index contributed by atoms with van der Waals surface area (Å²) in [5.74, 6) is 1.64. The van der Waals surface area contributed by atoms with Crippen LogP contribution >= 0.6 is 0 Å². The van der Waals surface area contributed by atoms with Crippen LogP contribution in [-0.4, -0.2) is 43.8 Å². The van der Waals surface area contributed by atoms with Gasteiger partial charge in [-0.15, -0.1) is 0 Å². The number of amides is 1. The number of carbonyl (C=O) groups excluding carboxylic acids is 1. The molecule has 1 fully saturated rings. The number of carbonyl (C=O) groups is 1. The van der Waals surface area contributed by atoms with Gasteiger partial charge in [0.05, 0.1) is 5.56 Å². The highest BCUT2D eigenvalue weighted by Gasteiger charge is 2.27. The van der Waals surface area contributed by atoms with E-state index in [2.05, 4.69) is 25.3 Å². The van der Waals surface area contributed by atoms with Crippen LogP contribution in [0.1, 0.15) is 34.9 Å². The van der Waals surface area contributed by atoms with Gasteiger partial charge in [-0.25, -0.2) is 15.0 Å². The molecule has 26 heavy (non-hydrogen) atoms. The van der Waals surface area contributed by atoms with Crippen molar-refractivity contribution in [1.82, 2.24) is 24.8 Å². The third kappa shape index (κ3) is 3.56. The maximum atomic E-state index is 12.8. The van der Waals surface area contributed by atoms with E-state index in [1.807, 2.05) is 41.4 Å². The second-order valence-electron chi connectivity index (χ2n) is 6.35. The highest BCUT2D eigenvalue weighted by atomic mass is 16.2. The molecule has 0 radical (unpaired) electrons. The van der Waals surface area contributed by atoms with Gasteiger partial charge in [0, 0.05) is 49.5 Å². The van der Waals surface area contributed by atoms with Crippen LogP contribution in [0, 0.1) is 0 Å². The molecule has 0 saturated carbocycles. The van der Waals surface area contributed by atoms with E-state index in [9.17, 15) is 4.79 Å². The van der Waals surface area contributed by atoms with E-state index in [0.29, 0.717) is 18.1 Å². The first-order valence-electron chi connectivity index (χ1n) is 8.72. The number of aromatic nitrogens is 4. The fourth-order valence-corrected chi connectivity index (χ4v) is 3.22. The third-order valence-corrected chi connectivity index (χ3v) is 4.54. The number of hydrogen-bond acceptors (Lipinski definition) is 5. The number of benzene rings is 1. The van der Waals surface area contributed by atoms with Crippen molar-refractivity contribution >= 4 is 17.5 Å². The summed E-state index contributed by atoms with van der Waals surface area (Å²) in [6.45, 7) is 1.41. The van der Waals surface area contributed by atoms with Crippen molar-refractivity contribution in [2.45, 2.75) is 18.8 Å². The fraction of sp³-hybridized carbons (Fsp3) is 0.263. The predicted molar refractivity (Wildman–Crippen MR) is 98.2 cm³/mol. The minimum absolute atomic E-state index is 0.0347. The zero-order valence-corrected chi connectivity index (χ0v) is 14.3. The zero-order chi connectivity index (χ0) is 17.8. The van der Waals surface area contributed by atoms with Crippen LogP contribution in [0.2, 0.25) is 0 Å². The molecule has 1 saturated heterocycles. The summed E-state index contributed by atoms with van der Waals surface area (Å²) >= 11 is 0. The van der Waals surface area contributed by atoms with E-state index in [1.54, 1.807) is 18.6 Å². The molecule has 0 bridgehead atoms. The van der Waals surface area contributed by atoms with Crippen molar-refractivity contribution in [1.29, 1.82) is 0 Å². The molecule has 3 aromatic rings. The maximum Gasteiger partial charge on any atom is 0.257 e. The number of nitrogens with one attached hydrogen (secondary N) is 2. The lowest BCUT2D eigenvalue weighted by Gasteiger charge is -2.31. The third-order valence-electron chi connectivity index (χ3n) is 4.54. The monoisotopic (exact) mass is 348 g/mol. The first-order valence-corrected chi connectivity index (χ1v) is 8.72. The smallest absolute Gasteiger partial charge is 0.257 e. The number of rotatable bonds is 4. The van der Waals surface area contributed by atoms with Crippen LogP contribution in [0.3, 0.4) is 0 Å². The van der Waals surface area contributed by atoms with Crippen molar-refractivity contribution in [3.63, 3.8) is 0 Å². The average molecular weight is 348 g/mol. The molecule has 3 heterocycles. The molecule has 2 aromatic heterocycles. The Morgan fingerprint density at radius 2 is 1.96 bits per heavy atom. The number of H-pyrrole nitrogens is 1. The molecule has 1 aromatic carbocycles. The largest absolute Gasteiger partial charge is 0.348 e. The predicted octanol–water partition coefficient (Wildman–Crippen LogP) is 2.96. The molecule has 1 atom stereocenters. The summed E-state index contributed by atoms with van der Waals surface area (Å²) in [7, 11) is 0. The molecule has 0 aliphatic carbocycles. The van der Waals surface area contributed by atoms with E-state index < -0.39 is 0 Å². The van der Waals surface area contributed by atoms with Crippen molar-refractivity contribution in [3.05, 3.63) is 66.5 Å². The Morgan fingerprint density at radius 1 is 1.15 bits per heavy atom. The zero-order valence-electron chi connectivity index (χ0n) is 14.3. The number of para-hydroxylation sites is 1. The summed E-state index contributed by atoms with van der Waals surface area (Å²) < 4.78 is 0. The molecule has 2 N–H and O–H groups in total. The minimum Gasteiger partial charge on any atom is -0.348 e. The molecule has 1 aliphatic rings. The second kappa shape index (κ2) is 7.35. The molecular weight excluding hydrogens is 328 g/mol. The molecule has 0 spiro atoms. The quantitative estimate of drug-likeness (QED) is 0.757.